The van der Waals surface area contributed by atoms with E-state index in [4.69, 9.17) is 5.11 Å². The van der Waals surface area contributed by atoms with Crippen LogP contribution in [0.15, 0.2) is 0 Å². The molecule has 2 N–H and O–H groups in total. The van der Waals surface area contributed by atoms with E-state index in [0.29, 0.717) is 0 Å². The first kappa shape index (κ1) is 8.97. The molecule has 0 bridgehead atoms. The topological polar surface area (TPSA) is 35.5 Å². The number of hydrogen-bond acceptors (Lipinski definition) is 3. The first-order valence-electron chi connectivity index (χ1n) is 4.33. The van der Waals surface area contributed by atoms with E-state index in [0.717, 1.165) is 32.1 Å². The van der Waals surface area contributed by atoms with Gasteiger partial charge < -0.3 is 15.3 Å². The van der Waals surface area contributed by atoms with Crippen molar-refractivity contribution < 1.29 is 5.11 Å². The van der Waals surface area contributed by atoms with Gasteiger partial charge in [-0.3, -0.25) is 0 Å². The minimum Gasteiger partial charge on any atom is -0.395 e. The lowest BCUT2D eigenvalue weighted by Gasteiger charge is -2.18. The fourth-order valence-corrected chi connectivity index (χ4v) is 1.57. The van der Waals surface area contributed by atoms with Crippen molar-refractivity contribution >= 4 is 0 Å². The van der Waals surface area contributed by atoms with Crippen molar-refractivity contribution in [2.75, 3.05) is 39.8 Å². The molecule has 11 heavy (non-hydrogen) atoms. The SMILES string of the molecule is CN(CCO)C[C@@H]1CCNC1. The maximum absolute atomic E-state index is 8.65. The number of rotatable bonds is 4. The van der Waals surface area contributed by atoms with Crippen LogP contribution in [0.5, 0.6) is 0 Å². The van der Waals surface area contributed by atoms with Gasteiger partial charge >= 0.3 is 0 Å². The van der Waals surface area contributed by atoms with Gasteiger partial charge in [0.15, 0.2) is 0 Å². The largest absolute Gasteiger partial charge is 0.395 e. The monoisotopic (exact) mass is 158 g/mol. The van der Waals surface area contributed by atoms with Gasteiger partial charge in [0.1, 0.15) is 0 Å². The van der Waals surface area contributed by atoms with Gasteiger partial charge in [0.25, 0.3) is 0 Å². The Labute approximate surface area is 68.4 Å². The van der Waals surface area contributed by atoms with Gasteiger partial charge in [-0.25, -0.2) is 0 Å². The van der Waals surface area contributed by atoms with E-state index in [-0.39, 0.29) is 6.61 Å². The Bertz CT molecular complexity index is 102. The molecule has 0 spiro atoms. The zero-order valence-electron chi connectivity index (χ0n) is 7.21. The molecule has 1 saturated heterocycles. The lowest BCUT2D eigenvalue weighted by atomic mass is 10.1. The third-order valence-electron chi connectivity index (χ3n) is 2.21. The first-order chi connectivity index (χ1) is 5.33. The van der Waals surface area contributed by atoms with E-state index in [1.165, 1.54) is 6.42 Å². The molecule has 0 aliphatic carbocycles. The Morgan fingerprint density at radius 1 is 1.64 bits per heavy atom. The summed E-state index contributed by atoms with van der Waals surface area (Å²) in [6.07, 6.45) is 1.29. The molecule has 0 amide bonds. The summed E-state index contributed by atoms with van der Waals surface area (Å²) in [6.45, 7) is 4.51. The van der Waals surface area contributed by atoms with E-state index in [1.54, 1.807) is 0 Å². The van der Waals surface area contributed by atoms with Gasteiger partial charge in [0, 0.05) is 13.1 Å². The van der Waals surface area contributed by atoms with Gasteiger partial charge in [0.2, 0.25) is 0 Å². The summed E-state index contributed by atoms with van der Waals surface area (Å²) in [7, 11) is 2.06. The van der Waals surface area contributed by atoms with Crippen LogP contribution in [-0.2, 0) is 0 Å². The lowest BCUT2D eigenvalue weighted by molar-refractivity contribution is 0.205. The Morgan fingerprint density at radius 2 is 2.45 bits per heavy atom. The van der Waals surface area contributed by atoms with Gasteiger partial charge in [-0.1, -0.05) is 0 Å². The molecule has 1 heterocycles. The van der Waals surface area contributed by atoms with Crippen molar-refractivity contribution in [1.29, 1.82) is 0 Å². The first-order valence-corrected chi connectivity index (χ1v) is 4.33. The molecular weight excluding hydrogens is 140 g/mol. The summed E-state index contributed by atoms with van der Waals surface area (Å²) in [5.74, 6) is 0.798. The smallest absolute Gasteiger partial charge is 0.0558 e. The summed E-state index contributed by atoms with van der Waals surface area (Å²) >= 11 is 0. The van der Waals surface area contributed by atoms with E-state index in [1.807, 2.05) is 0 Å². The quantitative estimate of drug-likeness (QED) is 0.580. The van der Waals surface area contributed by atoms with E-state index < -0.39 is 0 Å². The Morgan fingerprint density at radius 3 is 3.00 bits per heavy atom. The average Bonchev–Trinajstić information content (AvgIpc) is 2.40. The molecule has 0 aromatic heterocycles. The minimum absolute atomic E-state index is 0.274. The highest BCUT2D eigenvalue weighted by atomic mass is 16.3. The highest BCUT2D eigenvalue weighted by molar-refractivity contribution is 4.73. The summed E-state index contributed by atoms with van der Waals surface area (Å²) in [5.41, 5.74) is 0. The summed E-state index contributed by atoms with van der Waals surface area (Å²) in [4.78, 5) is 2.19. The molecule has 1 aliphatic rings. The molecule has 1 rings (SSSR count). The number of nitrogens with zero attached hydrogens (tertiary/aromatic N) is 1. The van der Waals surface area contributed by atoms with Crippen molar-refractivity contribution in [1.82, 2.24) is 10.2 Å². The van der Waals surface area contributed by atoms with Crippen LogP contribution in [0, 0.1) is 5.92 Å². The number of aliphatic hydroxyl groups is 1. The molecule has 66 valence electrons. The third-order valence-corrected chi connectivity index (χ3v) is 2.21. The molecule has 0 aromatic rings. The van der Waals surface area contributed by atoms with E-state index >= 15 is 0 Å². The lowest BCUT2D eigenvalue weighted by Crippen LogP contribution is -2.29. The second kappa shape index (κ2) is 4.70. The molecule has 0 unspecified atom stereocenters. The summed E-state index contributed by atoms with van der Waals surface area (Å²) < 4.78 is 0. The van der Waals surface area contributed by atoms with Crippen molar-refractivity contribution in [3.63, 3.8) is 0 Å². The average molecular weight is 158 g/mol. The third kappa shape index (κ3) is 3.18. The van der Waals surface area contributed by atoms with E-state index in [2.05, 4.69) is 17.3 Å². The van der Waals surface area contributed by atoms with Crippen LogP contribution in [0.3, 0.4) is 0 Å². The van der Waals surface area contributed by atoms with Crippen molar-refractivity contribution in [2.24, 2.45) is 5.92 Å². The molecule has 1 atom stereocenters. The second-order valence-corrected chi connectivity index (χ2v) is 3.34. The zero-order valence-corrected chi connectivity index (χ0v) is 7.21. The summed E-state index contributed by atoms with van der Waals surface area (Å²) in [5, 5.41) is 12.0. The number of aliphatic hydroxyl groups excluding tert-OH is 1. The fraction of sp³-hybridized carbons (Fsp3) is 1.00. The molecule has 0 radical (unpaired) electrons. The van der Waals surface area contributed by atoms with Crippen LogP contribution in [0.1, 0.15) is 6.42 Å². The van der Waals surface area contributed by atoms with E-state index in [9.17, 15) is 0 Å². The Hall–Kier alpha value is -0.120. The number of likely N-dealkylation sites (N-methyl/N-ethyl adjacent to an activating group) is 1. The molecule has 1 aliphatic heterocycles. The van der Waals surface area contributed by atoms with Crippen molar-refractivity contribution in [3.05, 3.63) is 0 Å². The van der Waals surface area contributed by atoms with Gasteiger partial charge in [-0.2, -0.15) is 0 Å². The molecule has 0 saturated carbocycles. The predicted molar refractivity (Wildman–Crippen MR) is 45.6 cm³/mol. The maximum atomic E-state index is 8.65. The molecule has 0 aromatic carbocycles. The number of nitrogens with one attached hydrogen (secondary N) is 1. The second-order valence-electron chi connectivity index (χ2n) is 3.34. The highest BCUT2D eigenvalue weighted by Gasteiger charge is 2.15. The van der Waals surface area contributed by atoms with Crippen LogP contribution in [0.2, 0.25) is 0 Å². The van der Waals surface area contributed by atoms with Crippen LogP contribution < -0.4 is 5.32 Å². The van der Waals surface area contributed by atoms with Crippen LogP contribution in [0.4, 0.5) is 0 Å². The number of hydrogen-bond donors (Lipinski definition) is 2. The fourth-order valence-electron chi connectivity index (χ4n) is 1.57. The van der Waals surface area contributed by atoms with Gasteiger partial charge in [0.05, 0.1) is 6.61 Å². The zero-order chi connectivity index (χ0) is 8.10. The summed E-state index contributed by atoms with van der Waals surface area (Å²) in [6, 6.07) is 0. The highest BCUT2D eigenvalue weighted by Crippen LogP contribution is 2.07. The molecule has 3 heteroatoms. The van der Waals surface area contributed by atoms with Crippen LogP contribution in [0.25, 0.3) is 0 Å². The molecular formula is C8H18N2O. The Kier molecular flexibility index (Phi) is 3.83. The maximum Gasteiger partial charge on any atom is 0.0558 e. The minimum atomic E-state index is 0.274. The predicted octanol–water partition coefficient (Wildman–Crippen LogP) is -0.480. The van der Waals surface area contributed by atoms with Crippen LogP contribution in [-0.4, -0.2) is 49.8 Å². The van der Waals surface area contributed by atoms with Gasteiger partial charge in [-0.15, -0.1) is 0 Å². The standard InChI is InChI=1S/C8H18N2O/c1-10(4-5-11)7-8-2-3-9-6-8/h8-9,11H,2-7H2,1H3/t8-/m1/s1. The Balaban J connectivity index is 2.08. The van der Waals surface area contributed by atoms with Crippen molar-refractivity contribution in [2.45, 2.75) is 6.42 Å². The molecule has 1 fully saturated rings. The van der Waals surface area contributed by atoms with Crippen LogP contribution >= 0.6 is 0 Å². The molecule has 3 nitrogen and oxygen atoms in total. The normalized spacial score (nSPS) is 24.8. The van der Waals surface area contributed by atoms with Crippen molar-refractivity contribution in [3.8, 4) is 0 Å². The van der Waals surface area contributed by atoms with Gasteiger partial charge in [-0.05, 0) is 32.5 Å².